The van der Waals surface area contributed by atoms with Crippen molar-refractivity contribution in [2.45, 2.75) is 26.2 Å². The first-order chi connectivity index (χ1) is 13.0. The number of fused-ring (bicyclic) bond motifs is 1. The Kier molecular flexibility index (Phi) is 4.40. The van der Waals surface area contributed by atoms with Gasteiger partial charge in [-0.05, 0) is 59.7 Å². The minimum Gasteiger partial charge on any atom is -0.326 e. The van der Waals surface area contributed by atoms with Crippen molar-refractivity contribution in [2.24, 2.45) is 7.05 Å². The molecule has 136 valence electrons. The van der Waals surface area contributed by atoms with Crippen LogP contribution >= 0.6 is 0 Å². The molecule has 27 heavy (non-hydrogen) atoms. The van der Waals surface area contributed by atoms with Crippen LogP contribution in [0.1, 0.15) is 28.7 Å². The van der Waals surface area contributed by atoms with Gasteiger partial charge in [-0.1, -0.05) is 36.4 Å². The highest BCUT2D eigenvalue weighted by atomic mass is 16.1. The first-order valence-corrected chi connectivity index (χ1v) is 9.18. The molecule has 0 bridgehead atoms. The molecule has 4 heteroatoms. The molecule has 1 aliphatic heterocycles. The number of amides is 1. The summed E-state index contributed by atoms with van der Waals surface area (Å²) in [5.41, 5.74) is 7.25. The molecule has 2 aromatic carbocycles. The fourth-order valence-electron chi connectivity index (χ4n) is 3.74. The lowest BCUT2D eigenvalue weighted by atomic mass is 9.90. The number of aromatic nitrogens is 1. The van der Waals surface area contributed by atoms with E-state index in [1.807, 2.05) is 37.4 Å². The van der Waals surface area contributed by atoms with Gasteiger partial charge in [0, 0.05) is 30.9 Å². The number of aryl methyl sites for hydroxylation is 3. The maximum absolute atomic E-state index is 12.1. The first-order valence-electron chi connectivity index (χ1n) is 9.18. The van der Waals surface area contributed by atoms with Crippen LogP contribution in [0.25, 0.3) is 11.1 Å². The summed E-state index contributed by atoms with van der Waals surface area (Å²) in [6.45, 7) is 1.84. The average molecular weight is 358 g/mol. The zero-order valence-corrected chi connectivity index (χ0v) is 15.6. The minimum atomic E-state index is 0.00891. The summed E-state index contributed by atoms with van der Waals surface area (Å²) >= 11 is 0. The molecule has 1 N–H and O–H groups in total. The Morgan fingerprint density at radius 3 is 2.56 bits per heavy atom. The Morgan fingerprint density at radius 2 is 1.81 bits per heavy atom. The summed E-state index contributed by atoms with van der Waals surface area (Å²) in [7, 11) is 1.77. The second-order valence-corrected chi connectivity index (χ2v) is 7.20. The smallest absolute Gasteiger partial charge is 0.253 e. The Morgan fingerprint density at radius 1 is 1.04 bits per heavy atom. The van der Waals surface area contributed by atoms with E-state index in [0.29, 0.717) is 12.0 Å². The predicted octanol–water partition coefficient (Wildman–Crippen LogP) is 3.84. The van der Waals surface area contributed by atoms with Crippen molar-refractivity contribution in [3.8, 4) is 11.1 Å². The topological polar surface area (TPSA) is 51.1 Å². The standard InChI is InChI=1S/C23H22N2O2/c1-15-10-19(14-25(2)23(15)27)20-13-21-17(8-9-22(26)24-21)12-18(20)11-16-6-4-3-5-7-16/h3-7,10,12-14H,8-9,11H2,1-2H3,(H,24,26). The van der Waals surface area contributed by atoms with E-state index in [1.165, 1.54) is 16.7 Å². The second kappa shape index (κ2) is 6.88. The third-order valence-electron chi connectivity index (χ3n) is 5.14. The molecule has 0 spiro atoms. The lowest BCUT2D eigenvalue weighted by molar-refractivity contribution is -0.116. The van der Waals surface area contributed by atoms with Crippen LogP contribution in [-0.4, -0.2) is 10.5 Å². The van der Waals surface area contributed by atoms with Crippen molar-refractivity contribution in [1.29, 1.82) is 0 Å². The molecular formula is C23H22N2O2. The fourth-order valence-corrected chi connectivity index (χ4v) is 3.74. The molecule has 3 aromatic rings. The minimum absolute atomic E-state index is 0.00891. The monoisotopic (exact) mass is 358 g/mol. The molecule has 0 unspecified atom stereocenters. The van der Waals surface area contributed by atoms with E-state index in [1.54, 1.807) is 11.6 Å². The highest BCUT2D eigenvalue weighted by Gasteiger charge is 2.19. The molecule has 1 aromatic heterocycles. The van der Waals surface area contributed by atoms with Gasteiger partial charge in [-0.25, -0.2) is 0 Å². The van der Waals surface area contributed by atoms with Crippen molar-refractivity contribution in [1.82, 2.24) is 4.57 Å². The summed E-state index contributed by atoms with van der Waals surface area (Å²) in [6.07, 6.45) is 3.96. The molecule has 0 radical (unpaired) electrons. The van der Waals surface area contributed by atoms with Crippen LogP contribution in [0.5, 0.6) is 0 Å². The average Bonchev–Trinajstić information content (AvgIpc) is 2.66. The summed E-state index contributed by atoms with van der Waals surface area (Å²) in [4.78, 5) is 24.0. The number of benzene rings is 2. The molecule has 0 saturated carbocycles. The summed E-state index contributed by atoms with van der Waals surface area (Å²) in [5, 5.41) is 2.99. The van der Waals surface area contributed by atoms with Crippen LogP contribution in [0.15, 0.2) is 59.5 Å². The summed E-state index contributed by atoms with van der Waals surface area (Å²) in [6, 6.07) is 16.6. The molecule has 0 saturated heterocycles. The van der Waals surface area contributed by atoms with E-state index >= 15 is 0 Å². The van der Waals surface area contributed by atoms with E-state index in [4.69, 9.17) is 0 Å². The van der Waals surface area contributed by atoms with E-state index < -0.39 is 0 Å². The van der Waals surface area contributed by atoms with Crippen LogP contribution in [0.2, 0.25) is 0 Å². The number of nitrogens with one attached hydrogen (secondary N) is 1. The van der Waals surface area contributed by atoms with Gasteiger partial charge in [0.2, 0.25) is 5.91 Å². The van der Waals surface area contributed by atoms with E-state index in [9.17, 15) is 9.59 Å². The quantitative estimate of drug-likeness (QED) is 0.773. The zero-order valence-electron chi connectivity index (χ0n) is 15.6. The maximum Gasteiger partial charge on any atom is 0.253 e. The van der Waals surface area contributed by atoms with Gasteiger partial charge in [-0.15, -0.1) is 0 Å². The number of carbonyl (C=O) groups excluding carboxylic acids is 1. The molecule has 1 aliphatic rings. The number of anilines is 1. The lowest BCUT2D eigenvalue weighted by Gasteiger charge is -2.21. The highest BCUT2D eigenvalue weighted by molar-refractivity contribution is 5.95. The molecule has 0 aliphatic carbocycles. The van der Waals surface area contributed by atoms with E-state index in [2.05, 4.69) is 29.6 Å². The van der Waals surface area contributed by atoms with Crippen molar-refractivity contribution >= 4 is 11.6 Å². The molecule has 2 heterocycles. The Labute approximate surface area is 158 Å². The van der Waals surface area contributed by atoms with Gasteiger partial charge in [0.25, 0.3) is 5.56 Å². The number of hydrogen-bond donors (Lipinski definition) is 1. The Balaban J connectivity index is 1.88. The predicted molar refractivity (Wildman–Crippen MR) is 108 cm³/mol. The van der Waals surface area contributed by atoms with Crippen LogP contribution < -0.4 is 10.9 Å². The normalized spacial score (nSPS) is 13.2. The van der Waals surface area contributed by atoms with Gasteiger partial charge in [0.15, 0.2) is 0 Å². The third kappa shape index (κ3) is 3.43. The fraction of sp³-hybridized carbons (Fsp3) is 0.217. The summed E-state index contributed by atoms with van der Waals surface area (Å²) < 4.78 is 1.62. The molecule has 0 atom stereocenters. The molecule has 0 fully saturated rings. The number of carbonyl (C=O) groups is 1. The molecule has 4 nitrogen and oxygen atoms in total. The molecular weight excluding hydrogens is 336 g/mol. The highest BCUT2D eigenvalue weighted by Crippen LogP contribution is 2.33. The number of hydrogen-bond acceptors (Lipinski definition) is 2. The van der Waals surface area contributed by atoms with Gasteiger partial charge < -0.3 is 9.88 Å². The summed E-state index contributed by atoms with van der Waals surface area (Å²) in [5.74, 6) is 0.0564. The third-order valence-corrected chi connectivity index (χ3v) is 5.14. The second-order valence-electron chi connectivity index (χ2n) is 7.20. The zero-order chi connectivity index (χ0) is 19.0. The number of pyridine rings is 1. The van der Waals surface area contributed by atoms with Crippen LogP contribution in [0.4, 0.5) is 5.69 Å². The van der Waals surface area contributed by atoms with E-state index in [-0.39, 0.29) is 11.5 Å². The molecule has 1 amide bonds. The van der Waals surface area contributed by atoms with E-state index in [0.717, 1.165) is 29.7 Å². The van der Waals surface area contributed by atoms with Gasteiger partial charge in [0.05, 0.1) is 0 Å². The van der Waals surface area contributed by atoms with Crippen molar-refractivity contribution in [3.63, 3.8) is 0 Å². The Hall–Kier alpha value is -3.14. The van der Waals surface area contributed by atoms with Crippen LogP contribution in [0, 0.1) is 6.92 Å². The Bertz CT molecular complexity index is 1060. The lowest BCUT2D eigenvalue weighted by Crippen LogP contribution is -2.20. The van der Waals surface area contributed by atoms with Crippen LogP contribution in [0.3, 0.4) is 0 Å². The van der Waals surface area contributed by atoms with Crippen LogP contribution in [-0.2, 0) is 24.7 Å². The van der Waals surface area contributed by atoms with Gasteiger partial charge >= 0.3 is 0 Å². The number of nitrogens with zero attached hydrogens (tertiary/aromatic N) is 1. The largest absolute Gasteiger partial charge is 0.326 e. The van der Waals surface area contributed by atoms with Gasteiger partial charge in [-0.2, -0.15) is 0 Å². The van der Waals surface area contributed by atoms with Gasteiger partial charge in [0.1, 0.15) is 0 Å². The number of rotatable bonds is 3. The van der Waals surface area contributed by atoms with Crippen molar-refractivity contribution < 1.29 is 4.79 Å². The maximum atomic E-state index is 12.1. The van der Waals surface area contributed by atoms with Crippen molar-refractivity contribution in [3.05, 3.63) is 87.3 Å². The first kappa shape index (κ1) is 17.3. The molecule has 4 rings (SSSR count). The SMILES string of the molecule is Cc1cc(-c2cc3c(cc2Cc2ccccc2)CCC(=O)N3)cn(C)c1=O. The van der Waals surface area contributed by atoms with Gasteiger partial charge in [-0.3, -0.25) is 9.59 Å². The van der Waals surface area contributed by atoms with Crippen molar-refractivity contribution in [2.75, 3.05) is 5.32 Å².